The van der Waals surface area contributed by atoms with Gasteiger partial charge in [0.2, 0.25) is 0 Å². The molecule has 146 valence electrons. The minimum absolute atomic E-state index is 0.0519. The van der Waals surface area contributed by atoms with Gasteiger partial charge in [-0.3, -0.25) is 9.78 Å². The third kappa shape index (κ3) is 3.98. The maximum Gasteiger partial charge on any atom is 0.417 e. The average Bonchev–Trinajstić information content (AvgIpc) is 3.07. The molecule has 2 heterocycles. The predicted molar refractivity (Wildman–Crippen MR) is 109 cm³/mol. The van der Waals surface area contributed by atoms with Crippen LogP contribution in [-0.2, 0) is 0 Å². The van der Waals surface area contributed by atoms with E-state index in [1.807, 2.05) is 23.1 Å². The summed E-state index contributed by atoms with van der Waals surface area (Å²) in [5, 5.41) is 4.26. The van der Waals surface area contributed by atoms with E-state index < -0.39 is 5.76 Å². The van der Waals surface area contributed by atoms with E-state index in [0.717, 1.165) is 31.5 Å². The number of oxazole rings is 1. The second kappa shape index (κ2) is 7.81. The average molecular weight is 400 g/mol. The van der Waals surface area contributed by atoms with E-state index in [-0.39, 0.29) is 11.9 Å². The van der Waals surface area contributed by atoms with Crippen molar-refractivity contribution >= 4 is 28.6 Å². The van der Waals surface area contributed by atoms with E-state index in [1.165, 1.54) is 0 Å². The number of aromatic nitrogens is 1. The van der Waals surface area contributed by atoms with E-state index in [4.69, 9.17) is 16.0 Å². The molecule has 6 nitrogen and oxygen atoms in total. The molecule has 0 spiro atoms. The Morgan fingerprint density at radius 1 is 1.21 bits per heavy atom. The molecule has 1 aliphatic heterocycles. The molecule has 3 aromatic rings. The maximum absolute atomic E-state index is 12.6. The van der Waals surface area contributed by atoms with Crippen molar-refractivity contribution in [3.8, 4) is 0 Å². The lowest BCUT2D eigenvalue weighted by atomic mass is 10.0. The Morgan fingerprint density at radius 3 is 2.64 bits per heavy atom. The molecule has 1 unspecified atom stereocenters. The highest BCUT2D eigenvalue weighted by Crippen LogP contribution is 2.22. The first-order valence-electron chi connectivity index (χ1n) is 9.43. The first kappa shape index (κ1) is 18.8. The number of hydrogen-bond acceptors (Lipinski definition) is 4. The van der Waals surface area contributed by atoms with Crippen LogP contribution in [0.4, 0.5) is 0 Å². The number of halogens is 1. The number of rotatable bonds is 4. The van der Waals surface area contributed by atoms with Crippen molar-refractivity contribution in [2.24, 2.45) is 0 Å². The van der Waals surface area contributed by atoms with Crippen LogP contribution in [-0.4, -0.2) is 34.9 Å². The van der Waals surface area contributed by atoms with E-state index in [0.29, 0.717) is 27.7 Å². The molecule has 4 rings (SSSR count). The number of hydrogen-bond donors (Lipinski definition) is 2. The summed E-state index contributed by atoms with van der Waals surface area (Å²) >= 11 is 5.90. The van der Waals surface area contributed by atoms with Gasteiger partial charge in [0, 0.05) is 35.8 Å². The van der Waals surface area contributed by atoms with Crippen molar-refractivity contribution in [2.45, 2.75) is 31.8 Å². The fourth-order valence-corrected chi connectivity index (χ4v) is 3.83. The molecular weight excluding hydrogens is 378 g/mol. The van der Waals surface area contributed by atoms with Gasteiger partial charge in [-0.2, -0.15) is 0 Å². The number of amides is 1. The third-order valence-electron chi connectivity index (χ3n) is 5.30. The molecule has 1 saturated heterocycles. The number of fused-ring (bicyclic) bond motifs is 1. The smallest absolute Gasteiger partial charge is 0.408 e. The molecule has 0 saturated carbocycles. The lowest BCUT2D eigenvalue weighted by Gasteiger charge is -2.34. The fourth-order valence-electron chi connectivity index (χ4n) is 3.71. The SMILES string of the molecule is CC(NC1CCN(C(=O)c2ccc(Cl)cc2)CC1)c1ccc2[nH]c(=O)oc2c1. The van der Waals surface area contributed by atoms with Crippen molar-refractivity contribution in [3.63, 3.8) is 0 Å². The van der Waals surface area contributed by atoms with Gasteiger partial charge in [0.15, 0.2) is 5.58 Å². The number of aromatic amines is 1. The highest BCUT2D eigenvalue weighted by Gasteiger charge is 2.24. The van der Waals surface area contributed by atoms with E-state index >= 15 is 0 Å². The molecule has 0 aliphatic carbocycles. The summed E-state index contributed by atoms with van der Waals surface area (Å²) in [6, 6.07) is 13.2. The van der Waals surface area contributed by atoms with Crippen molar-refractivity contribution in [3.05, 3.63) is 69.2 Å². The number of benzene rings is 2. The highest BCUT2D eigenvalue weighted by molar-refractivity contribution is 6.30. The molecular formula is C21H22ClN3O3. The van der Waals surface area contributed by atoms with Crippen LogP contribution >= 0.6 is 11.6 Å². The Labute approximate surface area is 167 Å². The summed E-state index contributed by atoms with van der Waals surface area (Å²) < 4.78 is 5.15. The molecule has 1 atom stereocenters. The molecule has 1 aromatic heterocycles. The number of carbonyl (C=O) groups is 1. The van der Waals surface area contributed by atoms with Crippen LogP contribution in [0.25, 0.3) is 11.1 Å². The number of piperidine rings is 1. The van der Waals surface area contributed by atoms with E-state index in [9.17, 15) is 9.59 Å². The Balaban J connectivity index is 1.34. The number of H-pyrrole nitrogens is 1. The van der Waals surface area contributed by atoms with Crippen molar-refractivity contribution < 1.29 is 9.21 Å². The molecule has 2 N–H and O–H groups in total. The highest BCUT2D eigenvalue weighted by atomic mass is 35.5. The fraction of sp³-hybridized carbons (Fsp3) is 0.333. The van der Waals surface area contributed by atoms with Crippen LogP contribution in [0.3, 0.4) is 0 Å². The maximum atomic E-state index is 12.6. The van der Waals surface area contributed by atoms with Gasteiger partial charge in [0.1, 0.15) is 0 Å². The standard InChI is InChI=1S/C21H22ClN3O3/c1-13(15-4-7-18-19(12-15)28-21(27)24-18)23-17-8-10-25(11-9-17)20(26)14-2-5-16(22)6-3-14/h2-7,12-13,17,23H,8-11H2,1H3,(H,24,27). The number of likely N-dealkylation sites (tertiary alicyclic amines) is 1. The minimum Gasteiger partial charge on any atom is -0.408 e. The summed E-state index contributed by atoms with van der Waals surface area (Å²) in [6.45, 7) is 3.53. The van der Waals surface area contributed by atoms with Gasteiger partial charge in [-0.25, -0.2) is 4.79 Å². The third-order valence-corrected chi connectivity index (χ3v) is 5.56. The second-order valence-corrected chi connectivity index (χ2v) is 7.67. The molecule has 1 fully saturated rings. The van der Waals surface area contributed by atoms with Crippen LogP contribution < -0.4 is 11.1 Å². The largest absolute Gasteiger partial charge is 0.417 e. The van der Waals surface area contributed by atoms with Gasteiger partial charge in [0.05, 0.1) is 5.52 Å². The summed E-state index contributed by atoms with van der Waals surface area (Å²) in [5.41, 5.74) is 3.01. The van der Waals surface area contributed by atoms with Crippen LogP contribution in [0.5, 0.6) is 0 Å². The first-order chi connectivity index (χ1) is 13.5. The lowest BCUT2D eigenvalue weighted by Crippen LogP contribution is -2.45. The van der Waals surface area contributed by atoms with Crippen LogP contribution in [0, 0.1) is 0 Å². The second-order valence-electron chi connectivity index (χ2n) is 7.23. The van der Waals surface area contributed by atoms with Gasteiger partial charge in [-0.15, -0.1) is 0 Å². The van der Waals surface area contributed by atoms with Crippen molar-refractivity contribution in [1.82, 2.24) is 15.2 Å². The van der Waals surface area contributed by atoms with Crippen molar-refractivity contribution in [2.75, 3.05) is 13.1 Å². The summed E-state index contributed by atoms with van der Waals surface area (Å²) in [6.07, 6.45) is 1.79. The lowest BCUT2D eigenvalue weighted by molar-refractivity contribution is 0.0702. The molecule has 28 heavy (non-hydrogen) atoms. The topological polar surface area (TPSA) is 78.3 Å². The normalized spacial score (nSPS) is 16.4. The summed E-state index contributed by atoms with van der Waals surface area (Å²) in [5.74, 6) is -0.387. The number of nitrogens with zero attached hydrogens (tertiary/aromatic N) is 1. The van der Waals surface area contributed by atoms with Crippen molar-refractivity contribution in [1.29, 1.82) is 0 Å². The predicted octanol–water partition coefficient (Wildman–Crippen LogP) is 3.73. The zero-order valence-corrected chi connectivity index (χ0v) is 16.3. The number of nitrogens with one attached hydrogen (secondary N) is 2. The molecule has 1 amide bonds. The van der Waals surface area contributed by atoms with Gasteiger partial charge in [-0.05, 0) is 61.7 Å². The zero-order chi connectivity index (χ0) is 19.7. The Morgan fingerprint density at radius 2 is 1.93 bits per heavy atom. The van der Waals surface area contributed by atoms with Gasteiger partial charge in [0.25, 0.3) is 5.91 Å². The van der Waals surface area contributed by atoms with Crippen LogP contribution in [0.1, 0.15) is 41.7 Å². The monoisotopic (exact) mass is 399 g/mol. The number of carbonyl (C=O) groups excluding carboxylic acids is 1. The van der Waals surface area contributed by atoms with Gasteiger partial charge >= 0.3 is 5.76 Å². The molecule has 2 aromatic carbocycles. The Hall–Kier alpha value is -2.57. The van der Waals surface area contributed by atoms with Gasteiger partial charge in [-0.1, -0.05) is 17.7 Å². The summed E-state index contributed by atoms with van der Waals surface area (Å²) in [4.78, 5) is 28.5. The minimum atomic E-state index is -0.439. The van der Waals surface area contributed by atoms with Gasteiger partial charge < -0.3 is 14.6 Å². The zero-order valence-electron chi connectivity index (χ0n) is 15.6. The van der Waals surface area contributed by atoms with Crippen LogP contribution in [0.2, 0.25) is 5.02 Å². The molecule has 0 bridgehead atoms. The molecule has 1 aliphatic rings. The van der Waals surface area contributed by atoms with E-state index in [2.05, 4.69) is 17.2 Å². The Bertz CT molecular complexity index is 1030. The van der Waals surface area contributed by atoms with E-state index in [1.54, 1.807) is 24.3 Å². The summed E-state index contributed by atoms with van der Waals surface area (Å²) in [7, 11) is 0. The molecule has 0 radical (unpaired) electrons. The first-order valence-corrected chi connectivity index (χ1v) is 9.81. The quantitative estimate of drug-likeness (QED) is 0.700. The van der Waals surface area contributed by atoms with Crippen LogP contribution in [0.15, 0.2) is 51.7 Å². The molecule has 7 heteroatoms. The Kier molecular flexibility index (Phi) is 5.24.